The number of rotatable bonds is 4. The first-order valence-corrected chi connectivity index (χ1v) is 7.00. The molecule has 6 nitrogen and oxygen atoms in total. The van der Waals surface area contributed by atoms with E-state index in [1.165, 1.54) is 5.56 Å². The second-order valence-electron chi connectivity index (χ2n) is 5.67. The van der Waals surface area contributed by atoms with Gasteiger partial charge in [0.15, 0.2) is 0 Å². The smallest absolute Gasteiger partial charge is 0.274 e. The summed E-state index contributed by atoms with van der Waals surface area (Å²) in [5.74, 6) is -0.505. The number of hydrogen-bond acceptors (Lipinski definition) is 4. The maximum absolute atomic E-state index is 11.8. The average molecular weight is 291 g/mol. The Morgan fingerprint density at radius 1 is 1.33 bits per heavy atom. The predicted molar refractivity (Wildman–Crippen MR) is 78.2 cm³/mol. The van der Waals surface area contributed by atoms with Crippen molar-refractivity contribution in [2.45, 2.75) is 25.3 Å². The highest BCUT2D eigenvalue weighted by atomic mass is 16.5. The van der Waals surface area contributed by atoms with Gasteiger partial charge in [-0.2, -0.15) is 0 Å². The van der Waals surface area contributed by atoms with Crippen LogP contribution >= 0.6 is 0 Å². The van der Waals surface area contributed by atoms with E-state index in [-0.39, 0.29) is 11.9 Å². The third kappa shape index (κ3) is 4.03. The van der Waals surface area contributed by atoms with Gasteiger partial charge in [-0.1, -0.05) is 6.07 Å². The summed E-state index contributed by atoms with van der Waals surface area (Å²) in [7, 11) is 3.71. The molecular formula is C15H21N3O3. The van der Waals surface area contributed by atoms with Crippen LogP contribution in [-0.4, -0.2) is 48.6 Å². The molecule has 3 N–H and O–H groups in total. The number of carbonyl (C=O) groups is 2. The summed E-state index contributed by atoms with van der Waals surface area (Å²) in [6.07, 6.45) is 2.49. The second-order valence-corrected chi connectivity index (χ2v) is 5.67. The standard InChI is InChI=1S/C15H21N3O3/c1-18(2)9-14(19)16-13-6-5-10-3-4-11(15(20)17-21)7-12(10)8-13/h3-4,7,13,21H,5-6,8-9H2,1-2H3,(H,16,19)(H,17,20). The molecule has 0 saturated heterocycles. The molecule has 1 aromatic rings. The van der Waals surface area contributed by atoms with Crippen molar-refractivity contribution in [1.82, 2.24) is 15.7 Å². The Labute approximate surface area is 124 Å². The van der Waals surface area contributed by atoms with Crippen LogP contribution in [-0.2, 0) is 17.6 Å². The third-order valence-corrected chi connectivity index (χ3v) is 3.62. The molecule has 1 unspecified atom stereocenters. The van der Waals surface area contributed by atoms with Crippen molar-refractivity contribution in [2.24, 2.45) is 0 Å². The van der Waals surface area contributed by atoms with Crippen molar-refractivity contribution in [3.05, 3.63) is 34.9 Å². The van der Waals surface area contributed by atoms with Gasteiger partial charge in [0.25, 0.3) is 5.91 Å². The van der Waals surface area contributed by atoms with Crippen LogP contribution in [0.4, 0.5) is 0 Å². The Balaban J connectivity index is 2.05. The summed E-state index contributed by atoms with van der Waals surface area (Å²) in [6.45, 7) is 0.371. The van der Waals surface area contributed by atoms with Crippen LogP contribution in [0.1, 0.15) is 27.9 Å². The van der Waals surface area contributed by atoms with Crippen LogP contribution < -0.4 is 10.8 Å². The fourth-order valence-corrected chi connectivity index (χ4v) is 2.65. The molecule has 1 aliphatic carbocycles. The molecule has 21 heavy (non-hydrogen) atoms. The first kappa shape index (κ1) is 15.5. The summed E-state index contributed by atoms with van der Waals surface area (Å²) in [6, 6.07) is 5.50. The van der Waals surface area contributed by atoms with Crippen molar-refractivity contribution in [1.29, 1.82) is 0 Å². The molecule has 6 heteroatoms. The van der Waals surface area contributed by atoms with Gasteiger partial charge < -0.3 is 10.2 Å². The fourth-order valence-electron chi connectivity index (χ4n) is 2.65. The summed E-state index contributed by atoms with van der Waals surface area (Å²) in [4.78, 5) is 25.1. The number of fused-ring (bicyclic) bond motifs is 1. The van der Waals surface area contributed by atoms with E-state index in [0.29, 0.717) is 18.5 Å². The lowest BCUT2D eigenvalue weighted by molar-refractivity contribution is -0.122. The number of hydrogen-bond donors (Lipinski definition) is 3. The van der Waals surface area contributed by atoms with Crippen molar-refractivity contribution in [3.63, 3.8) is 0 Å². The van der Waals surface area contributed by atoms with Crippen LogP contribution in [0.25, 0.3) is 0 Å². The number of carbonyl (C=O) groups excluding carboxylic acids is 2. The Morgan fingerprint density at radius 2 is 2.10 bits per heavy atom. The summed E-state index contributed by atoms with van der Waals surface area (Å²) in [5.41, 5.74) is 4.32. The van der Waals surface area contributed by atoms with Gasteiger partial charge in [-0.05, 0) is 56.6 Å². The summed E-state index contributed by atoms with van der Waals surface area (Å²) < 4.78 is 0. The predicted octanol–water partition coefficient (Wildman–Crippen LogP) is 0.341. The van der Waals surface area contributed by atoms with Crippen LogP contribution in [0, 0.1) is 0 Å². The Morgan fingerprint density at radius 3 is 2.76 bits per heavy atom. The molecule has 1 atom stereocenters. The number of aryl methyl sites for hydroxylation is 1. The highest BCUT2D eigenvalue weighted by molar-refractivity contribution is 5.93. The first-order valence-electron chi connectivity index (χ1n) is 7.00. The second kappa shape index (κ2) is 6.69. The highest BCUT2D eigenvalue weighted by Gasteiger charge is 2.21. The SMILES string of the molecule is CN(C)CC(=O)NC1CCc2ccc(C(=O)NO)cc2C1. The van der Waals surface area contributed by atoms with E-state index in [1.54, 1.807) is 17.6 Å². The number of nitrogens with one attached hydrogen (secondary N) is 2. The van der Waals surface area contributed by atoms with E-state index in [2.05, 4.69) is 5.32 Å². The molecule has 0 heterocycles. The van der Waals surface area contributed by atoms with E-state index < -0.39 is 5.91 Å². The van der Waals surface area contributed by atoms with Crippen LogP contribution in [0.15, 0.2) is 18.2 Å². The fraction of sp³-hybridized carbons (Fsp3) is 0.467. The lowest BCUT2D eigenvalue weighted by atomic mass is 9.87. The summed E-state index contributed by atoms with van der Waals surface area (Å²) >= 11 is 0. The molecular weight excluding hydrogens is 270 g/mol. The third-order valence-electron chi connectivity index (χ3n) is 3.62. The maximum Gasteiger partial charge on any atom is 0.274 e. The average Bonchev–Trinajstić information content (AvgIpc) is 2.44. The van der Waals surface area contributed by atoms with Crippen LogP contribution in [0.5, 0.6) is 0 Å². The van der Waals surface area contributed by atoms with Crippen molar-refractivity contribution >= 4 is 11.8 Å². The van der Waals surface area contributed by atoms with Gasteiger partial charge in [-0.25, -0.2) is 5.48 Å². The Bertz CT molecular complexity index is 543. The van der Waals surface area contributed by atoms with Gasteiger partial charge in [0, 0.05) is 11.6 Å². The molecule has 0 fully saturated rings. The molecule has 0 bridgehead atoms. The van der Waals surface area contributed by atoms with Crippen molar-refractivity contribution in [2.75, 3.05) is 20.6 Å². The molecule has 2 amide bonds. The molecule has 2 rings (SSSR count). The van der Waals surface area contributed by atoms with Crippen molar-refractivity contribution < 1.29 is 14.8 Å². The topological polar surface area (TPSA) is 81.7 Å². The molecule has 1 aliphatic rings. The minimum absolute atomic E-state index is 0.0118. The summed E-state index contributed by atoms with van der Waals surface area (Å²) in [5, 5.41) is 11.7. The van der Waals surface area contributed by atoms with E-state index in [9.17, 15) is 9.59 Å². The molecule has 0 spiro atoms. The molecule has 114 valence electrons. The lowest BCUT2D eigenvalue weighted by Gasteiger charge is -2.26. The normalized spacial score (nSPS) is 17.2. The Kier molecular flexibility index (Phi) is 4.93. The zero-order valence-electron chi connectivity index (χ0n) is 12.3. The van der Waals surface area contributed by atoms with E-state index in [1.807, 2.05) is 25.1 Å². The lowest BCUT2D eigenvalue weighted by Crippen LogP contribution is -2.42. The maximum atomic E-state index is 11.8. The minimum Gasteiger partial charge on any atom is -0.352 e. The number of benzene rings is 1. The zero-order chi connectivity index (χ0) is 15.4. The highest BCUT2D eigenvalue weighted by Crippen LogP contribution is 2.22. The molecule has 0 aromatic heterocycles. The zero-order valence-corrected chi connectivity index (χ0v) is 12.3. The Hall–Kier alpha value is -1.92. The van der Waals surface area contributed by atoms with Crippen molar-refractivity contribution in [3.8, 4) is 0 Å². The molecule has 1 aromatic carbocycles. The van der Waals surface area contributed by atoms with E-state index >= 15 is 0 Å². The number of likely N-dealkylation sites (N-methyl/N-ethyl adjacent to an activating group) is 1. The number of amides is 2. The quantitative estimate of drug-likeness (QED) is 0.552. The molecule has 0 aliphatic heterocycles. The molecule has 0 saturated carbocycles. The van der Waals surface area contributed by atoms with Crippen LogP contribution in [0.3, 0.4) is 0 Å². The molecule has 0 radical (unpaired) electrons. The first-order chi connectivity index (χ1) is 9.99. The van der Waals surface area contributed by atoms with Crippen LogP contribution in [0.2, 0.25) is 0 Å². The number of hydroxylamine groups is 1. The monoisotopic (exact) mass is 291 g/mol. The van der Waals surface area contributed by atoms with Gasteiger partial charge in [0.2, 0.25) is 5.91 Å². The van der Waals surface area contributed by atoms with Gasteiger partial charge in [-0.15, -0.1) is 0 Å². The van der Waals surface area contributed by atoms with Gasteiger partial charge in [-0.3, -0.25) is 14.8 Å². The minimum atomic E-state index is -0.517. The van der Waals surface area contributed by atoms with E-state index in [0.717, 1.165) is 18.4 Å². The van der Waals surface area contributed by atoms with Gasteiger partial charge in [0.05, 0.1) is 6.54 Å². The van der Waals surface area contributed by atoms with Gasteiger partial charge in [0.1, 0.15) is 0 Å². The largest absolute Gasteiger partial charge is 0.352 e. The number of nitrogens with zero attached hydrogens (tertiary/aromatic N) is 1. The van der Waals surface area contributed by atoms with E-state index in [4.69, 9.17) is 5.21 Å². The van der Waals surface area contributed by atoms with Gasteiger partial charge >= 0.3 is 0 Å².